The molecule has 2 aromatic heterocycles. The molecule has 34 heavy (non-hydrogen) atoms. The first-order valence-electron chi connectivity index (χ1n) is 11.0. The van der Waals surface area contributed by atoms with Gasteiger partial charge in [0.15, 0.2) is 0 Å². The summed E-state index contributed by atoms with van der Waals surface area (Å²) in [5.74, 6) is 0.504. The van der Waals surface area contributed by atoms with Crippen LogP contribution in [0.1, 0.15) is 33.8 Å². The second-order valence-corrected chi connectivity index (χ2v) is 8.70. The van der Waals surface area contributed by atoms with Gasteiger partial charge in [0.25, 0.3) is 5.91 Å². The first-order chi connectivity index (χ1) is 16.5. The van der Waals surface area contributed by atoms with Crippen molar-refractivity contribution in [1.29, 1.82) is 0 Å². The van der Waals surface area contributed by atoms with Gasteiger partial charge in [-0.3, -0.25) is 29.7 Å². The van der Waals surface area contributed by atoms with Crippen LogP contribution in [0.15, 0.2) is 45.9 Å². The SMILES string of the molecule is COc1ccc2c(c1)C(=O)N(C[C@@]1(c3cc4cnc(C5=NCCN5)cc4o3)CC(=O)NC1=O)C2. The Kier molecular flexibility index (Phi) is 4.44. The number of methoxy groups -OCH3 is 1. The summed E-state index contributed by atoms with van der Waals surface area (Å²) in [5.41, 5.74) is 1.22. The van der Waals surface area contributed by atoms with Crippen LogP contribution in [0.5, 0.6) is 5.75 Å². The average molecular weight is 459 g/mol. The third-order valence-electron chi connectivity index (χ3n) is 6.60. The van der Waals surface area contributed by atoms with Crippen molar-refractivity contribution < 1.29 is 23.5 Å². The van der Waals surface area contributed by atoms with Crippen LogP contribution in [0.25, 0.3) is 11.0 Å². The van der Waals surface area contributed by atoms with Crippen LogP contribution in [0.4, 0.5) is 0 Å². The van der Waals surface area contributed by atoms with E-state index in [4.69, 9.17) is 9.15 Å². The summed E-state index contributed by atoms with van der Waals surface area (Å²) in [5, 5.41) is 6.27. The molecule has 1 saturated heterocycles. The zero-order chi connectivity index (χ0) is 23.4. The van der Waals surface area contributed by atoms with Gasteiger partial charge >= 0.3 is 0 Å². The molecule has 0 bridgehead atoms. The van der Waals surface area contributed by atoms with E-state index in [2.05, 4.69) is 20.6 Å². The summed E-state index contributed by atoms with van der Waals surface area (Å²) in [7, 11) is 1.54. The topological polar surface area (TPSA) is 126 Å². The molecule has 0 unspecified atom stereocenters. The van der Waals surface area contributed by atoms with Crippen molar-refractivity contribution in [1.82, 2.24) is 20.5 Å². The fourth-order valence-corrected chi connectivity index (χ4v) is 4.84. The second-order valence-electron chi connectivity index (χ2n) is 8.70. The van der Waals surface area contributed by atoms with Gasteiger partial charge in [-0.05, 0) is 23.8 Å². The maximum absolute atomic E-state index is 13.2. The van der Waals surface area contributed by atoms with Crippen LogP contribution in [0.3, 0.4) is 0 Å². The molecular weight excluding hydrogens is 438 g/mol. The van der Waals surface area contributed by atoms with Gasteiger partial charge in [-0.25, -0.2) is 0 Å². The predicted octanol–water partition coefficient (Wildman–Crippen LogP) is 1.13. The minimum absolute atomic E-state index is 0.00870. The van der Waals surface area contributed by atoms with Crippen molar-refractivity contribution in [3.05, 3.63) is 59.1 Å². The Bertz CT molecular complexity index is 1410. The molecule has 3 aromatic rings. The lowest BCUT2D eigenvalue weighted by molar-refractivity contribution is -0.126. The molecule has 3 aliphatic rings. The summed E-state index contributed by atoms with van der Waals surface area (Å²) >= 11 is 0. The van der Waals surface area contributed by atoms with Crippen molar-refractivity contribution in [2.45, 2.75) is 18.4 Å². The predicted molar refractivity (Wildman–Crippen MR) is 121 cm³/mol. The highest BCUT2D eigenvalue weighted by Crippen LogP contribution is 2.39. The fraction of sp³-hybridized carbons (Fsp3) is 0.292. The molecule has 0 saturated carbocycles. The molecule has 5 heterocycles. The van der Waals surface area contributed by atoms with Crippen LogP contribution in [-0.2, 0) is 21.5 Å². The number of amides is 3. The average Bonchev–Trinajstić information content (AvgIpc) is 3.61. The number of aromatic nitrogens is 1. The van der Waals surface area contributed by atoms with E-state index in [0.717, 1.165) is 12.1 Å². The van der Waals surface area contributed by atoms with Crippen molar-refractivity contribution >= 4 is 34.5 Å². The van der Waals surface area contributed by atoms with E-state index in [1.165, 1.54) is 0 Å². The number of rotatable bonds is 5. The Balaban J connectivity index is 1.38. The van der Waals surface area contributed by atoms with Crippen molar-refractivity contribution in [3.63, 3.8) is 0 Å². The van der Waals surface area contributed by atoms with Gasteiger partial charge in [0.2, 0.25) is 11.8 Å². The largest absolute Gasteiger partial charge is 0.497 e. The number of imide groups is 1. The number of furan rings is 1. The molecule has 0 spiro atoms. The number of benzene rings is 1. The number of pyridine rings is 1. The van der Waals surface area contributed by atoms with Gasteiger partial charge < -0.3 is 19.4 Å². The monoisotopic (exact) mass is 459 g/mol. The molecule has 1 fully saturated rings. The highest BCUT2D eigenvalue weighted by Gasteiger charge is 2.53. The van der Waals surface area contributed by atoms with Crippen LogP contribution < -0.4 is 15.4 Å². The number of hydrogen-bond donors (Lipinski definition) is 2. The molecule has 10 heteroatoms. The number of ether oxygens (including phenoxy) is 1. The lowest BCUT2D eigenvalue weighted by Crippen LogP contribution is -2.46. The Labute approximate surface area is 194 Å². The summed E-state index contributed by atoms with van der Waals surface area (Å²) in [4.78, 5) is 49.0. The van der Waals surface area contributed by atoms with Crippen molar-refractivity contribution in [2.75, 3.05) is 26.7 Å². The van der Waals surface area contributed by atoms with Gasteiger partial charge in [0.1, 0.15) is 34.0 Å². The minimum atomic E-state index is -1.33. The number of carbonyl (C=O) groups excluding carboxylic acids is 3. The van der Waals surface area contributed by atoms with Gasteiger partial charge in [-0.15, -0.1) is 0 Å². The lowest BCUT2D eigenvalue weighted by atomic mass is 9.82. The van der Waals surface area contributed by atoms with Crippen LogP contribution in [0, 0.1) is 0 Å². The zero-order valence-corrected chi connectivity index (χ0v) is 18.4. The van der Waals surface area contributed by atoms with E-state index in [9.17, 15) is 14.4 Å². The minimum Gasteiger partial charge on any atom is -0.497 e. The summed E-state index contributed by atoms with van der Waals surface area (Å²) in [6.07, 6.45) is 1.55. The Hall–Kier alpha value is -4.21. The molecule has 0 radical (unpaired) electrons. The fourth-order valence-electron chi connectivity index (χ4n) is 4.84. The number of amidine groups is 1. The van der Waals surface area contributed by atoms with Gasteiger partial charge in [0.05, 0.1) is 20.1 Å². The molecule has 2 N–H and O–H groups in total. The van der Waals surface area contributed by atoms with Gasteiger partial charge in [-0.2, -0.15) is 0 Å². The Morgan fingerprint density at radius 3 is 2.82 bits per heavy atom. The second kappa shape index (κ2) is 7.41. The molecule has 1 atom stereocenters. The third-order valence-corrected chi connectivity index (χ3v) is 6.60. The number of hydrogen-bond acceptors (Lipinski definition) is 8. The first-order valence-corrected chi connectivity index (χ1v) is 11.0. The molecule has 0 aliphatic carbocycles. The van der Waals surface area contributed by atoms with E-state index >= 15 is 0 Å². The molecule has 3 amide bonds. The van der Waals surface area contributed by atoms with Gasteiger partial charge in [-0.1, -0.05) is 6.07 Å². The molecule has 3 aliphatic heterocycles. The maximum atomic E-state index is 13.2. The Morgan fingerprint density at radius 2 is 2.09 bits per heavy atom. The molecule has 172 valence electrons. The van der Waals surface area contributed by atoms with E-state index in [0.29, 0.717) is 52.7 Å². The smallest absolute Gasteiger partial charge is 0.254 e. The number of aliphatic imine (C=N–C) groups is 1. The van der Waals surface area contributed by atoms with Crippen LogP contribution in [-0.4, -0.2) is 60.2 Å². The first kappa shape index (κ1) is 20.4. The highest BCUT2D eigenvalue weighted by molar-refractivity contribution is 6.10. The van der Waals surface area contributed by atoms with Crippen LogP contribution >= 0.6 is 0 Å². The number of nitrogens with zero attached hydrogens (tertiary/aromatic N) is 3. The number of fused-ring (bicyclic) bond motifs is 2. The molecule has 6 rings (SSSR count). The van der Waals surface area contributed by atoms with Crippen molar-refractivity contribution in [2.24, 2.45) is 4.99 Å². The van der Waals surface area contributed by atoms with Crippen molar-refractivity contribution in [3.8, 4) is 5.75 Å². The van der Waals surface area contributed by atoms with E-state index in [1.807, 2.05) is 6.07 Å². The Morgan fingerprint density at radius 1 is 1.21 bits per heavy atom. The van der Waals surface area contributed by atoms with E-state index < -0.39 is 17.2 Å². The summed E-state index contributed by atoms with van der Waals surface area (Å²) in [6.45, 7) is 1.78. The highest BCUT2D eigenvalue weighted by atomic mass is 16.5. The summed E-state index contributed by atoms with van der Waals surface area (Å²) in [6, 6.07) is 8.82. The van der Waals surface area contributed by atoms with E-state index in [-0.39, 0.29) is 18.9 Å². The maximum Gasteiger partial charge on any atom is 0.254 e. The molecule has 10 nitrogen and oxygen atoms in total. The number of carbonyl (C=O) groups is 3. The van der Waals surface area contributed by atoms with Crippen LogP contribution in [0.2, 0.25) is 0 Å². The quantitative estimate of drug-likeness (QED) is 0.548. The standard InChI is InChI=1S/C24H21N5O5/c1-33-15-3-2-13-11-29(22(31)16(13)7-15)12-24(9-20(30)28-23(24)32)19-6-14-10-27-17(8-18(14)34-19)21-25-4-5-26-21/h2-3,6-8,10H,4-5,9,11-12H2,1H3,(H,25,26)(H,28,30,32)/t24-/m1/s1. The van der Waals surface area contributed by atoms with Gasteiger partial charge in [0, 0.05) is 42.8 Å². The zero-order valence-electron chi connectivity index (χ0n) is 18.4. The summed E-state index contributed by atoms with van der Waals surface area (Å²) < 4.78 is 11.4. The number of nitrogens with one attached hydrogen (secondary N) is 2. The third kappa shape index (κ3) is 3.06. The van der Waals surface area contributed by atoms with E-state index in [1.54, 1.807) is 42.5 Å². The molecular formula is C24H21N5O5. The molecule has 1 aromatic carbocycles. The lowest BCUT2D eigenvalue weighted by Gasteiger charge is -2.28. The normalized spacial score (nSPS) is 21.6.